The van der Waals surface area contributed by atoms with E-state index < -0.39 is 15.1 Å². The van der Waals surface area contributed by atoms with Crippen LogP contribution < -0.4 is 0 Å². The van der Waals surface area contributed by atoms with Gasteiger partial charge in [0.25, 0.3) is 0 Å². The first-order valence-corrected chi connectivity index (χ1v) is 7.66. The predicted molar refractivity (Wildman–Crippen MR) is 73.3 cm³/mol. The Morgan fingerprint density at radius 3 is 1.28 bits per heavy atom. The van der Waals surface area contributed by atoms with Crippen molar-refractivity contribution in [2.45, 2.75) is 77.8 Å². The van der Waals surface area contributed by atoms with Gasteiger partial charge in [0.2, 0.25) is 8.25 Å². The van der Waals surface area contributed by atoms with Gasteiger partial charge in [-0.2, -0.15) is 0 Å². The topological polar surface area (TPSA) is 36.9 Å². The normalized spacial score (nSPS) is 33.0. The second-order valence-electron chi connectivity index (χ2n) is 7.05. The quantitative estimate of drug-likeness (QED) is 0.541. The smallest absolute Gasteiger partial charge is 0.396 e. The molecule has 0 aromatic carbocycles. The maximum absolute atomic E-state index is 6.03. The van der Waals surface area contributed by atoms with Crippen molar-refractivity contribution in [1.29, 1.82) is 0 Å². The molecule has 0 aromatic heterocycles. The Morgan fingerprint density at radius 1 is 0.611 bits per heavy atom. The molecule has 18 heavy (non-hydrogen) atoms. The van der Waals surface area contributed by atoms with E-state index >= 15 is 0 Å². The lowest BCUT2D eigenvalue weighted by Gasteiger charge is -2.32. The van der Waals surface area contributed by atoms with Gasteiger partial charge in [0.1, 0.15) is 0 Å². The lowest BCUT2D eigenvalue weighted by atomic mass is 9.90. The Balaban J connectivity index is 2.14. The maximum Gasteiger partial charge on any atom is 0.546 e. The van der Waals surface area contributed by atoms with Gasteiger partial charge in [-0.1, -0.05) is 0 Å². The minimum Gasteiger partial charge on any atom is -0.396 e. The summed E-state index contributed by atoms with van der Waals surface area (Å²) in [5.41, 5.74) is -1.35. The van der Waals surface area contributed by atoms with Gasteiger partial charge in [0, 0.05) is 0 Å². The van der Waals surface area contributed by atoms with Gasteiger partial charge >= 0.3 is 6.84 Å². The predicted octanol–water partition coefficient (Wildman–Crippen LogP) is 3.49. The van der Waals surface area contributed by atoms with Gasteiger partial charge in [0.05, 0.1) is 22.4 Å². The van der Waals surface area contributed by atoms with E-state index in [4.69, 9.17) is 18.4 Å². The van der Waals surface area contributed by atoms with Crippen molar-refractivity contribution in [2.75, 3.05) is 0 Å². The van der Waals surface area contributed by atoms with Gasteiger partial charge in [0.15, 0.2) is 0 Å². The third kappa shape index (κ3) is 2.14. The van der Waals surface area contributed by atoms with E-state index in [0.29, 0.717) is 0 Å². The second kappa shape index (κ2) is 3.92. The maximum atomic E-state index is 6.03. The number of hydrogen-bond acceptors (Lipinski definition) is 4. The highest BCUT2D eigenvalue weighted by Gasteiger charge is 2.61. The molecule has 0 aliphatic carbocycles. The molecule has 2 aliphatic rings. The molecule has 0 atom stereocenters. The summed E-state index contributed by atoms with van der Waals surface area (Å²) in [5.74, 6) is 0. The van der Waals surface area contributed by atoms with E-state index in [1.807, 2.05) is 55.4 Å². The molecule has 2 heterocycles. The highest BCUT2D eigenvalue weighted by Crippen LogP contribution is 2.62. The SMILES string of the molecule is CC1(C)OB(P2OC(C)(C)C(C)(C)O2)OC1(C)C. The molecular weight excluding hydrogens is 250 g/mol. The van der Waals surface area contributed by atoms with E-state index in [0.717, 1.165) is 0 Å². The van der Waals surface area contributed by atoms with Crippen molar-refractivity contribution in [3.05, 3.63) is 0 Å². The van der Waals surface area contributed by atoms with Crippen molar-refractivity contribution in [2.24, 2.45) is 0 Å². The molecule has 2 aliphatic heterocycles. The molecule has 0 radical (unpaired) electrons. The first-order chi connectivity index (χ1) is 7.88. The molecule has 2 rings (SSSR count). The van der Waals surface area contributed by atoms with E-state index in [9.17, 15) is 0 Å². The van der Waals surface area contributed by atoms with Crippen LogP contribution in [0, 0.1) is 0 Å². The zero-order chi connectivity index (χ0) is 14.0. The molecule has 0 unspecified atom stereocenters. The van der Waals surface area contributed by atoms with E-state index in [2.05, 4.69) is 0 Å². The molecule has 2 fully saturated rings. The fraction of sp³-hybridized carbons (Fsp3) is 1.00. The summed E-state index contributed by atoms with van der Waals surface area (Å²) in [6, 6.07) is 0. The monoisotopic (exact) mass is 274 g/mol. The molecule has 0 spiro atoms. The Morgan fingerprint density at radius 2 is 0.944 bits per heavy atom. The van der Waals surface area contributed by atoms with Crippen LogP contribution in [0.2, 0.25) is 0 Å². The van der Waals surface area contributed by atoms with Crippen molar-refractivity contribution in [3.8, 4) is 0 Å². The summed E-state index contributed by atoms with van der Waals surface area (Å²) in [6.07, 6.45) is 0. The molecule has 0 N–H and O–H groups in total. The zero-order valence-electron chi connectivity index (χ0n) is 12.7. The average Bonchev–Trinajstić information content (AvgIpc) is 2.45. The number of rotatable bonds is 1. The van der Waals surface area contributed by atoms with Crippen LogP contribution in [0.3, 0.4) is 0 Å². The third-order valence-corrected chi connectivity index (χ3v) is 6.33. The van der Waals surface area contributed by atoms with Crippen LogP contribution in [-0.4, -0.2) is 29.2 Å². The Bertz CT molecular complexity index is 288. The fourth-order valence-corrected chi connectivity index (χ4v) is 3.92. The second-order valence-corrected chi connectivity index (χ2v) is 8.41. The summed E-state index contributed by atoms with van der Waals surface area (Å²) in [4.78, 5) is 0. The van der Waals surface area contributed by atoms with Gasteiger partial charge in [-0.05, 0) is 55.4 Å². The molecular formula is C12H24BO4P. The lowest BCUT2D eigenvalue weighted by molar-refractivity contribution is 0.00578. The highest BCUT2D eigenvalue weighted by atomic mass is 31.2. The van der Waals surface area contributed by atoms with Gasteiger partial charge < -0.3 is 18.4 Å². The van der Waals surface area contributed by atoms with Crippen molar-refractivity contribution >= 4 is 15.1 Å². The highest BCUT2D eigenvalue weighted by molar-refractivity contribution is 7.81. The van der Waals surface area contributed by atoms with Crippen LogP contribution in [0.25, 0.3) is 0 Å². The van der Waals surface area contributed by atoms with Crippen molar-refractivity contribution in [3.63, 3.8) is 0 Å². The van der Waals surface area contributed by atoms with Crippen LogP contribution in [0.1, 0.15) is 55.4 Å². The van der Waals surface area contributed by atoms with Gasteiger partial charge in [-0.3, -0.25) is 0 Å². The molecule has 104 valence electrons. The van der Waals surface area contributed by atoms with Crippen molar-refractivity contribution in [1.82, 2.24) is 0 Å². The minimum absolute atomic E-state index is 0.331. The first-order valence-electron chi connectivity index (χ1n) is 6.41. The van der Waals surface area contributed by atoms with E-state index in [1.165, 1.54) is 0 Å². The van der Waals surface area contributed by atoms with Crippen molar-refractivity contribution < 1.29 is 18.4 Å². The summed E-state index contributed by atoms with van der Waals surface area (Å²) in [7, 11) is -1.18. The summed E-state index contributed by atoms with van der Waals surface area (Å²) in [5, 5.41) is 0. The van der Waals surface area contributed by atoms with Crippen LogP contribution in [-0.2, 0) is 18.4 Å². The van der Waals surface area contributed by atoms with E-state index in [1.54, 1.807) is 0 Å². The fourth-order valence-electron chi connectivity index (χ4n) is 1.67. The largest absolute Gasteiger partial charge is 0.546 e. The van der Waals surface area contributed by atoms with Gasteiger partial charge in [-0.15, -0.1) is 0 Å². The summed E-state index contributed by atoms with van der Waals surface area (Å²) < 4.78 is 24.0. The Kier molecular flexibility index (Phi) is 3.21. The van der Waals surface area contributed by atoms with Crippen LogP contribution in [0.5, 0.6) is 0 Å². The van der Waals surface area contributed by atoms with E-state index in [-0.39, 0.29) is 22.4 Å². The number of hydrogen-bond donors (Lipinski definition) is 0. The van der Waals surface area contributed by atoms with Crippen LogP contribution >= 0.6 is 8.25 Å². The standard InChI is InChI=1S/C12H24BO4P/c1-9(2)10(3,4)15-13(14-9)18-16-11(5,6)12(7,8)17-18/h1-8H3. The molecule has 2 saturated heterocycles. The average molecular weight is 274 g/mol. The Labute approximate surface area is 112 Å². The summed E-state index contributed by atoms with van der Waals surface area (Å²) >= 11 is 0. The molecule has 0 bridgehead atoms. The third-order valence-electron chi connectivity index (χ3n) is 4.50. The molecule has 0 amide bonds. The van der Waals surface area contributed by atoms with Gasteiger partial charge in [-0.25, -0.2) is 0 Å². The van der Waals surface area contributed by atoms with Crippen LogP contribution in [0.4, 0.5) is 0 Å². The molecule has 6 heteroatoms. The molecule has 0 aromatic rings. The van der Waals surface area contributed by atoms with Crippen LogP contribution in [0.15, 0.2) is 0 Å². The minimum atomic E-state index is -1.18. The lowest BCUT2D eigenvalue weighted by Crippen LogP contribution is -2.41. The zero-order valence-corrected chi connectivity index (χ0v) is 13.6. The molecule has 4 nitrogen and oxygen atoms in total. The summed E-state index contributed by atoms with van der Waals surface area (Å²) in [6.45, 7) is 15.9. The Hall–Kier alpha value is 0.335. The molecule has 0 saturated carbocycles. The first kappa shape index (κ1) is 14.7.